The first-order chi connectivity index (χ1) is 12.5. The topological polar surface area (TPSA) is 52.6 Å². The van der Waals surface area contributed by atoms with Gasteiger partial charge in [-0.3, -0.25) is 9.59 Å². The van der Waals surface area contributed by atoms with Gasteiger partial charge < -0.3 is 9.47 Å². The van der Waals surface area contributed by atoms with Crippen molar-refractivity contribution < 1.29 is 19.1 Å². The van der Waals surface area contributed by atoms with Crippen LogP contribution in [0.25, 0.3) is 0 Å². The standard InChI is InChI=1S/C22H42O4/c1-5-7-9-11-13-17-25-21(23)20(16-15-19(3)4)22(24)26-18-14-12-10-8-6-2/h19-20H,5-18H2,1-4H3. The Hall–Kier alpha value is -1.06. The summed E-state index contributed by atoms with van der Waals surface area (Å²) < 4.78 is 10.7. The third kappa shape index (κ3) is 14.1. The molecule has 0 bridgehead atoms. The van der Waals surface area contributed by atoms with E-state index in [1.54, 1.807) is 0 Å². The molecule has 0 aliphatic heterocycles. The highest BCUT2D eigenvalue weighted by atomic mass is 16.6. The normalized spacial score (nSPS) is 11.2. The van der Waals surface area contributed by atoms with Crippen LogP contribution in [0.4, 0.5) is 0 Å². The van der Waals surface area contributed by atoms with E-state index in [0.717, 1.165) is 32.1 Å². The molecular weight excluding hydrogens is 328 g/mol. The van der Waals surface area contributed by atoms with Gasteiger partial charge in [-0.2, -0.15) is 0 Å². The Morgan fingerprint density at radius 3 is 1.46 bits per heavy atom. The third-order valence-corrected chi connectivity index (χ3v) is 4.59. The molecule has 0 spiro atoms. The largest absolute Gasteiger partial charge is 0.465 e. The molecule has 0 amide bonds. The maximum absolute atomic E-state index is 12.3. The van der Waals surface area contributed by atoms with Gasteiger partial charge in [0.15, 0.2) is 5.92 Å². The van der Waals surface area contributed by atoms with Crippen LogP contribution in [-0.4, -0.2) is 25.2 Å². The van der Waals surface area contributed by atoms with Crippen molar-refractivity contribution in [1.82, 2.24) is 0 Å². The number of unbranched alkanes of at least 4 members (excludes halogenated alkanes) is 8. The number of rotatable bonds is 17. The van der Waals surface area contributed by atoms with Gasteiger partial charge >= 0.3 is 11.9 Å². The highest BCUT2D eigenvalue weighted by Gasteiger charge is 2.29. The zero-order valence-corrected chi connectivity index (χ0v) is 17.7. The molecule has 0 rings (SSSR count). The molecule has 26 heavy (non-hydrogen) atoms. The Bertz CT molecular complexity index is 324. The average molecular weight is 371 g/mol. The number of hydrogen-bond donors (Lipinski definition) is 0. The molecule has 0 unspecified atom stereocenters. The van der Waals surface area contributed by atoms with Crippen LogP contribution in [0.3, 0.4) is 0 Å². The molecule has 0 aliphatic carbocycles. The summed E-state index contributed by atoms with van der Waals surface area (Å²) in [6.07, 6.45) is 12.4. The average Bonchev–Trinajstić information content (AvgIpc) is 2.60. The molecule has 0 aromatic rings. The summed E-state index contributed by atoms with van der Waals surface area (Å²) in [5, 5.41) is 0. The van der Waals surface area contributed by atoms with Gasteiger partial charge in [0.05, 0.1) is 13.2 Å². The van der Waals surface area contributed by atoms with E-state index in [1.807, 2.05) is 0 Å². The summed E-state index contributed by atoms with van der Waals surface area (Å²) in [6.45, 7) is 9.35. The fourth-order valence-electron chi connectivity index (χ4n) is 2.79. The smallest absolute Gasteiger partial charge is 0.320 e. The molecule has 4 heteroatoms. The lowest BCUT2D eigenvalue weighted by atomic mass is 9.98. The van der Waals surface area contributed by atoms with Gasteiger partial charge in [-0.05, 0) is 31.6 Å². The molecule has 0 saturated heterocycles. The summed E-state index contributed by atoms with van der Waals surface area (Å²) in [5.41, 5.74) is 0. The van der Waals surface area contributed by atoms with Crippen molar-refractivity contribution in [2.45, 2.75) is 105 Å². The third-order valence-electron chi connectivity index (χ3n) is 4.59. The van der Waals surface area contributed by atoms with Gasteiger partial charge in [-0.15, -0.1) is 0 Å². The van der Waals surface area contributed by atoms with Gasteiger partial charge in [-0.1, -0.05) is 79.1 Å². The summed E-state index contributed by atoms with van der Waals surface area (Å²) in [7, 11) is 0. The maximum Gasteiger partial charge on any atom is 0.320 e. The van der Waals surface area contributed by atoms with Gasteiger partial charge in [-0.25, -0.2) is 0 Å². The molecule has 0 aromatic carbocycles. The fraction of sp³-hybridized carbons (Fsp3) is 0.909. The second-order valence-corrected chi connectivity index (χ2v) is 7.69. The minimum Gasteiger partial charge on any atom is -0.465 e. The maximum atomic E-state index is 12.3. The Balaban J connectivity index is 4.21. The molecule has 0 saturated carbocycles. The first kappa shape index (κ1) is 24.9. The van der Waals surface area contributed by atoms with Crippen LogP contribution in [-0.2, 0) is 19.1 Å². The number of carbonyl (C=O) groups is 2. The number of carbonyl (C=O) groups excluding carboxylic acids is 2. The lowest BCUT2D eigenvalue weighted by Gasteiger charge is -2.16. The Kier molecular flexibility index (Phi) is 16.7. The lowest BCUT2D eigenvalue weighted by Crippen LogP contribution is -2.29. The second-order valence-electron chi connectivity index (χ2n) is 7.69. The van der Waals surface area contributed by atoms with Crippen molar-refractivity contribution in [2.24, 2.45) is 11.8 Å². The minimum atomic E-state index is -0.760. The van der Waals surface area contributed by atoms with Crippen LogP contribution in [0.1, 0.15) is 105 Å². The van der Waals surface area contributed by atoms with Crippen molar-refractivity contribution in [3.63, 3.8) is 0 Å². The molecule has 154 valence electrons. The number of ether oxygens (including phenoxy) is 2. The fourth-order valence-corrected chi connectivity index (χ4v) is 2.79. The summed E-state index contributed by atoms with van der Waals surface area (Å²) in [5.74, 6) is -1.13. The monoisotopic (exact) mass is 370 g/mol. The molecule has 0 heterocycles. The number of hydrogen-bond acceptors (Lipinski definition) is 4. The van der Waals surface area contributed by atoms with Crippen LogP contribution in [0, 0.1) is 11.8 Å². The van der Waals surface area contributed by atoms with Crippen LogP contribution in [0.15, 0.2) is 0 Å². The SMILES string of the molecule is CCCCCCCOC(=O)C(CCC(C)C)C(=O)OCCCCCCC. The van der Waals surface area contributed by atoms with E-state index < -0.39 is 17.9 Å². The van der Waals surface area contributed by atoms with Crippen molar-refractivity contribution in [1.29, 1.82) is 0 Å². The summed E-state index contributed by atoms with van der Waals surface area (Å²) >= 11 is 0. The van der Waals surface area contributed by atoms with Gasteiger partial charge in [0.1, 0.15) is 0 Å². The molecule has 0 aromatic heterocycles. The van der Waals surface area contributed by atoms with Crippen LogP contribution >= 0.6 is 0 Å². The Labute approximate surface area is 161 Å². The second kappa shape index (κ2) is 17.4. The Morgan fingerprint density at radius 1 is 0.654 bits per heavy atom. The molecule has 0 atom stereocenters. The predicted octanol–water partition coefficient (Wildman–Crippen LogP) is 6.07. The van der Waals surface area contributed by atoms with E-state index in [1.165, 1.54) is 38.5 Å². The molecule has 0 N–H and O–H groups in total. The number of esters is 2. The first-order valence-electron chi connectivity index (χ1n) is 10.9. The lowest BCUT2D eigenvalue weighted by molar-refractivity contribution is -0.162. The zero-order valence-electron chi connectivity index (χ0n) is 17.7. The molecular formula is C22H42O4. The molecule has 0 fully saturated rings. The predicted molar refractivity (Wildman–Crippen MR) is 107 cm³/mol. The van der Waals surface area contributed by atoms with Crippen molar-refractivity contribution in [3.05, 3.63) is 0 Å². The molecule has 0 radical (unpaired) electrons. The van der Waals surface area contributed by atoms with Gasteiger partial charge in [0, 0.05) is 0 Å². The summed E-state index contributed by atoms with van der Waals surface area (Å²) in [4.78, 5) is 24.7. The highest BCUT2D eigenvalue weighted by Crippen LogP contribution is 2.17. The quantitative estimate of drug-likeness (QED) is 0.177. The zero-order chi connectivity index (χ0) is 19.6. The van der Waals surface area contributed by atoms with E-state index >= 15 is 0 Å². The van der Waals surface area contributed by atoms with E-state index in [9.17, 15) is 9.59 Å². The van der Waals surface area contributed by atoms with E-state index in [4.69, 9.17) is 9.47 Å². The van der Waals surface area contributed by atoms with E-state index in [0.29, 0.717) is 25.6 Å². The van der Waals surface area contributed by atoms with Crippen LogP contribution < -0.4 is 0 Å². The Morgan fingerprint density at radius 2 is 1.08 bits per heavy atom. The van der Waals surface area contributed by atoms with E-state index in [-0.39, 0.29) is 0 Å². The summed E-state index contributed by atoms with van der Waals surface area (Å²) in [6, 6.07) is 0. The minimum absolute atomic E-state index is 0.405. The van der Waals surface area contributed by atoms with Crippen molar-refractivity contribution >= 4 is 11.9 Å². The highest BCUT2D eigenvalue weighted by molar-refractivity contribution is 5.94. The van der Waals surface area contributed by atoms with Gasteiger partial charge in [0.25, 0.3) is 0 Å². The van der Waals surface area contributed by atoms with E-state index in [2.05, 4.69) is 27.7 Å². The first-order valence-corrected chi connectivity index (χ1v) is 10.9. The van der Waals surface area contributed by atoms with Crippen molar-refractivity contribution in [3.8, 4) is 0 Å². The molecule has 0 aliphatic rings. The van der Waals surface area contributed by atoms with Crippen LogP contribution in [0.2, 0.25) is 0 Å². The van der Waals surface area contributed by atoms with Crippen LogP contribution in [0.5, 0.6) is 0 Å². The molecule has 4 nitrogen and oxygen atoms in total. The van der Waals surface area contributed by atoms with Gasteiger partial charge in [0.2, 0.25) is 0 Å². The van der Waals surface area contributed by atoms with Crippen molar-refractivity contribution in [2.75, 3.05) is 13.2 Å².